The SMILES string of the molecule is CC(C)(C)c1cc(CO)c(Cl)c(OCc2ccccc2)c1. The zero-order valence-electron chi connectivity index (χ0n) is 12.7. The van der Waals surface area contributed by atoms with Crippen LogP contribution in [0.3, 0.4) is 0 Å². The van der Waals surface area contributed by atoms with Crippen LogP contribution >= 0.6 is 11.6 Å². The molecule has 0 aliphatic carbocycles. The minimum absolute atomic E-state index is 0.0284. The highest BCUT2D eigenvalue weighted by atomic mass is 35.5. The summed E-state index contributed by atoms with van der Waals surface area (Å²) in [5.41, 5.74) is 2.85. The number of hydrogen-bond donors (Lipinski definition) is 1. The summed E-state index contributed by atoms with van der Waals surface area (Å²) in [6, 6.07) is 13.8. The third-order valence-electron chi connectivity index (χ3n) is 3.39. The Kier molecular flexibility index (Phi) is 4.92. The molecule has 0 saturated carbocycles. The van der Waals surface area contributed by atoms with Gasteiger partial charge in [0.25, 0.3) is 0 Å². The Morgan fingerprint density at radius 3 is 2.33 bits per heavy atom. The van der Waals surface area contributed by atoms with Gasteiger partial charge in [0, 0.05) is 5.56 Å². The van der Waals surface area contributed by atoms with E-state index < -0.39 is 0 Å². The smallest absolute Gasteiger partial charge is 0.139 e. The molecule has 0 bridgehead atoms. The maximum absolute atomic E-state index is 9.48. The number of halogens is 1. The third kappa shape index (κ3) is 3.99. The fourth-order valence-electron chi connectivity index (χ4n) is 2.04. The van der Waals surface area contributed by atoms with Crippen molar-refractivity contribution in [2.75, 3.05) is 0 Å². The van der Waals surface area contributed by atoms with Crippen molar-refractivity contribution in [3.63, 3.8) is 0 Å². The van der Waals surface area contributed by atoms with Crippen molar-refractivity contribution in [3.8, 4) is 5.75 Å². The van der Waals surface area contributed by atoms with Gasteiger partial charge in [0.05, 0.1) is 11.6 Å². The molecule has 0 saturated heterocycles. The summed E-state index contributed by atoms with van der Waals surface area (Å²) in [5, 5.41) is 9.97. The van der Waals surface area contributed by atoms with Crippen LogP contribution in [0.5, 0.6) is 5.75 Å². The van der Waals surface area contributed by atoms with Gasteiger partial charge < -0.3 is 9.84 Å². The highest BCUT2D eigenvalue weighted by molar-refractivity contribution is 6.32. The van der Waals surface area contributed by atoms with E-state index in [1.807, 2.05) is 42.5 Å². The fourth-order valence-corrected chi connectivity index (χ4v) is 2.27. The number of hydrogen-bond acceptors (Lipinski definition) is 2. The quantitative estimate of drug-likeness (QED) is 0.886. The number of rotatable bonds is 4. The van der Waals surface area contributed by atoms with Gasteiger partial charge in [-0.3, -0.25) is 0 Å². The van der Waals surface area contributed by atoms with E-state index in [2.05, 4.69) is 20.8 Å². The first-order valence-electron chi connectivity index (χ1n) is 7.02. The predicted molar refractivity (Wildman–Crippen MR) is 86.8 cm³/mol. The monoisotopic (exact) mass is 304 g/mol. The molecular weight excluding hydrogens is 284 g/mol. The summed E-state index contributed by atoms with van der Waals surface area (Å²) in [6.07, 6.45) is 0. The van der Waals surface area contributed by atoms with Gasteiger partial charge >= 0.3 is 0 Å². The summed E-state index contributed by atoms with van der Waals surface area (Å²) in [5.74, 6) is 0.622. The van der Waals surface area contributed by atoms with Crippen LogP contribution in [-0.2, 0) is 18.6 Å². The Hall–Kier alpha value is -1.51. The molecule has 2 aromatic carbocycles. The fraction of sp³-hybridized carbons (Fsp3) is 0.333. The van der Waals surface area contributed by atoms with Gasteiger partial charge in [-0.25, -0.2) is 0 Å². The number of aliphatic hydroxyl groups is 1. The summed E-state index contributed by atoms with van der Waals surface area (Å²) >= 11 is 6.31. The van der Waals surface area contributed by atoms with Crippen LogP contribution in [0, 0.1) is 0 Å². The largest absolute Gasteiger partial charge is 0.487 e. The van der Waals surface area contributed by atoms with Gasteiger partial charge in [0.15, 0.2) is 0 Å². The van der Waals surface area contributed by atoms with Gasteiger partial charge in [0.1, 0.15) is 12.4 Å². The van der Waals surface area contributed by atoms with Crippen molar-refractivity contribution in [1.82, 2.24) is 0 Å². The van der Waals surface area contributed by atoms with Crippen molar-refractivity contribution < 1.29 is 9.84 Å². The number of aliphatic hydroxyl groups excluding tert-OH is 1. The summed E-state index contributed by atoms with van der Waals surface area (Å²) < 4.78 is 5.86. The van der Waals surface area contributed by atoms with Crippen LogP contribution in [0.2, 0.25) is 5.02 Å². The van der Waals surface area contributed by atoms with Gasteiger partial charge in [-0.1, -0.05) is 68.8 Å². The van der Waals surface area contributed by atoms with E-state index in [0.29, 0.717) is 22.9 Å². The number of benzene rings is 2. The summed E-state index contributed by atoms with van der Waals surface area (Å²) in [4.78, 5) is 0. The Balaban J connectivity index is 2.29. The molecule has 0 atom stereocenters. The van der Waals surface area contributed by atoms with Gasteiger partial charge in [-0.2, -0.15) is 0 Å². The molecule has 0 fully saturated rings. The van der Waals surface area contributed by atoms with Gasteiger partial charge in [0.2, 0.25) is 0 Å². The Labute approximate surface area is 131 Å². The van der Waals surface area contributed by atoms with E-state index >= 15 is 0 Å². The van der Waals surface area contributed by atoms with Crippen molar-refractivity contribution in [3.05, 3.63) is 64.2 Å². The zero-order chi connectivity index (χ0) is 15.5. The second kappa shape index (κ2) is 6.50. The first-order valence-corrected chi connectivity index (χ1v) is 7.40. The third-order valence-corrected chi connectivity index (χ3v) is 3.82. The molecule has 2 nitrogen and oxygen atoms in total. The lowest BCUT2D eigenvalue weighted by Crippen LogP contribution is -2.12. The topological polar surface area (TPSA) is 29.5 Å². The summed E-state index contributed by atoms with van der Waals surface area (Å²) in [6.45, 7) is 6.73. The standard InChI is InChI=1S/C18H21ClO2/c1-18(2,3)15-9-14(11-20)17(19)16(10-15)21-12-13-7-5-4-6-8-13/h4-10,20H,11-12H2,1-3H3. The van der Waals surface area contributed by atoms with Crippen molar-refractivity contribution in [1.29, 1.82) is 0 Å². The zero-order valence-corrected chi connectivity index (χ0v) is 13.4. The lowest BCUT2D eigenvalue weighted by atomic mass is 9.86. The van der Waals surface area contributed by atoms with E-state index in [4.69, 9.17) is 16.3 Å². The maximum atomic E-state index is 9.48. The molecule has 3 heteroatoms. The molecule has 2 rings (SSSR count). The first kappa shape index (κ1) is 15.9. The highest BCUT2D eigenvalue weighted by Crippen LogP contribution is 2.35. The van der Waals surface area contributed by atoms with Crippen LogP contribution in [0.4, 0.5) is 0 Å². The van der Waals surface area contributed by atoms with Gasteiger partial charge in [-0.15, -0.1) is 0 Å². The highest BCUT2D eigenvalue weighted by Gasteiger charge is 2.18. The second-order valence-corrected chi connectivity index (χ2v) is 6.51. The van der Waals surface area contributed by atoms with Crippen LogP contribution in [0.1, 0.15) is 37.5 Å². The molecule has 0 aliphatic heterocycles. The normalized spacial score (nSPS) is 11.5. The molecule has 112 valence electrons. The molecule has 0 amide bonds. The number of ether oxygens (including phenoxy) is 1. The second-order valence-electron chi connectivity index (χ2n) is 6.13. The first-order chi connectivity index (χ1) is 9.91. The van der Waals surface area contributed by atoms with Crippen LogP contribution < -0.4 is 4.74 Å². The van der Waals surface area contributed by atoms with E-state index in [-0.39, 0.29) is 12.0 Å². The van der Waals surface area contributed by atoms with Crippen molar-refractivity contribution >= 4 is 11.6 Å². The molecule has 0 heterocycles. The van der Waals surface area contributed by atoms with Crippen LogP contribution in [0.25, 0.3) is 0 Å². The van der Waals surface area contributed by atoms with Gasteiger partial charge in [-0.05, 0) is 22.6 Å². The molecule has 0 radical (unpaired) electrons. The Morgan fingerprint density at radius 1 is 1.10 bits per heavy atom. The molecule has 0 unspecified atom stereocenters. The van der Waals surface area contributed by atoms with Crippen molar-refractivity contribution in [2.45, 2.75) is 39.4 Å². The van der Waals surface area contributed by atoms with E-state index in [1.165, 1.54) is 0 Å². The van der Waals surface area contributed by atoms with Crippen LogP contribution in [0.15, 0.2) is 42.5 Å². The summed E-state index contributed by atoms with van der Waals surface area (Å²) in [7, 11) is 0. The lowest BCUT2D eigenvalue weighted by molar-refractivity contribution is 0.277. The van der Waals surface area contributed by atoms with E-state index in [0.717, 1.165) is 11.1 Å². The lowest BCUT2D eigenvalue weighted by Gasteiger charge is -2.22. The average Bonchev–Trinajstić information content (AvgIpc) is 2.46. The minimum atomic E-state index is -0.0928. The molecule has 0 spiro atoms. The molecule has 0 aliphatic rings. The Bertz CT molecular complexity index is 601. The maximum Gasteiger partial charge on any atom is 0.139 e. The van der Waals surface area contributed by atoms with E-state index in [1.54, 1.807) is 0 Å². The Morgan fingerprint density at radius 2 is 1.76 bits per heavy atom. The molecular formula is C18H21ClO2. The van der Waals surface area contributed by atoms with Crippen molar-refractivity contribution in [2.24, 2.45) is 0 Å². The molecule has 1 N–H and O–H groups in total. The average molecular weight is 305 g/mol. The molecule has 0 aromatic heterocycles. The van der Waals surface area contributed by atoms with E-state index in [9.17, 15) is 5.11 Å². The predicted octanol–water partition coefficient (Wildman–Crippen LogP) is 4.71. The molecule has 2 aromatic rings. The van der Waals surface area contributed by atoms with Crippen LogP contribution in [-0.4, -0.2) is 5.11 Å². The minimum Gasteiger partial charge on any atom is -0.487 e. The molecule has 21 heavy (non-hydrogen) atoms.